The van der Waals surface area contributed by atoms with Gasteiger partial charge in [0.1, 0.15) is 5.82 Å². The van der Waals surface area contributed by atoms with E-state index >= 15 is 0 Å². The molecule has 0 saturated carbocycles. The molecule has 0 aliphatic carbocycles. The Kier molecular flexibility index (Phi) is 3.27. The molecule has 2 aromatic rings. The molecule has 4 heteroatoms. The van der Waals surface area contributed by atoms with Gasteiger partial charge in [-0.05, 0) is 57.0 Å². The van der Waals surface area contributed by atoms with Crippen LogP contribution in [0.3, 0.4) is 0 Å². The van der Waals surface area contributed by atoms with Crippen molar-refractivity contribution in [1.82, 2.24) is 19.9 Å². The van der Waals surface area contributed by atoms with Gasteiger partial charge in [0, 0.05) is 11.6 Å². The van der Waals surface area contributed by atoms with Crippen LogP contribution in [0.2, 0.25) is 0 Å². The molecule has 0 spiro atoms. The van der Waals surface area contributed by atoms with Crippen LogP contribution < -0.4 is 5.32 Å². The molecule has 0 atom stereocenters. The quantitative estimate of drug-likeness (QED) is 0.919. The Morgan fingerprint density at radius 1 is 1.32 bits per heavy atom. The maximum atomic E-state index is 4.54. The number of piperidine rings is 1. The van der Waals surface area contributed by atoms with Crippen molar-refractivity contribution in [2.24, 2.45) is 0 Å². The molecule has 1 N–H and O–H groups in total. The van der Waals surface area contributed by atoms with Crippen molar-refractivity contribution >= 4 is 5.65 Å². The van der Waals surface area contributed by atoms with Crippen LogP contribution in [0, 0.1) is 6.92 Å². The monoisotopic (exact) mass is 258 g/mol. The van der Waals surface area contributed by atoms with Gasteiger partial charge in [-0.3, -0.25) is 4.40 Å². The lowest BCUT2D eigenvalue weighted by Gasteiger charge is -2.36. The minimum absolute atomic E-state index is 0.203. The molecule has 3 rings (SSSR count). The third-order valence-corrected chi connectivity index (χ3v) is 4.33. The fourth-order valence-electron chi connectivity index (χ4n) is 3.32. The summed E-state index contributed by atoms with van der Waals surface area (Å²) in [5.41, 5.74) is 2.42. The standard InChI is InChI=1S/C15H22N4/c1-3-5-15(6-8-16-9-7-15)14-18-17-13-11-12(2)4-10-19(13)14/h4,10-11,16H,3,5-9H2,1-2H3. The van der Waals surface area contributed by atoms with Crippen LogP contribution in [-0.4, -0.2) is 27.7 Å². The molecular weight excluding hydrogens is 236 g/mol. The molecule has 0 radical (unpaired) electrons. The van der Waals surface area contributed by atoms with Crippen molar-refractivity contribution in [2.75, 3.05) is 13.1 Å². The van der Waals surface area contributed by atoms with E-state index in [4.69, 9.17) is 0 Å². The first-order valence-electron chi connectivity index (χ1n) is 7.28. The summed E-state index contributed by atoms with van der Waals surface area (Å²) in [5.74, 6) is 1.16. The molecule has 2 aromatic heterocycles. The van der Waals surface area contributed by atoms with E-state index in [1.165, 1.54) is 18.4 Å². The van der Waals surface area contributed by atoms with Gasteiger partial charge in [0.15, 0.2) is 5.65 Å². The van der Waals surface area contributed by atoms with E-state index in [2.05, 4.69) is 52.1 Å². The average Bonchev–Trinajstić information content (AvgIpc) is 2.83. The Labute approximate surface area is 114 Å². The van der Waals surface area contributed by atoms with Gasteiger partial charge in [0.05, 0.1) is 0 Å². The molecule has 1 fully saturated rings. The number of pyridine rings is 1. The summed E-state index contributed by atoms with van der Waals surface area (Å²) in [7, 11) is 0. The summed E-state index contributed by atoms with van der Waals surface area (Å²) < 4.78 is 2.19. The van der Waals surface area contributed by atoms with Crippen molar-refractivity contribution in [3.05, 3.63) is 29.7 Å². The SMILES string of the molecule is CCCC1(c2nnc3cc(C)ccn23)CCNCC1. The summed E-state index contributed by atoms with van der Waals surface area (Å²) >= 11 is 0. The van der Waals surface area contributed by atoms with E-state index in [0.717, 1.165) is 37.4 Å². The summed E-state index contributed by atoms with van der Waals surface area (Å²) in [6, 6.07) is 4.25. The highest BCUT2D eigenvalue weighted by molar-refractivity contribution is 5.42. The first-order valence-corrected chi connectivity index (χ1v) is 7.28. The van der Waals surface area contributed by atoms with Crippen molar-refractivity contribution in [1.29, 1.82) is 0 Å². The van der Waals surface area contributed by atoms with Crippen molar-refractivity contribution in [3.63, 3.8) is 0 Å². The minimum Gasteiger partial charge on any atom is -0.317 e. The number of fused-ring (bicyclic) bond motifs is 1. The van der Waals surface area contributed by atoms with E-state index in [-0.39, 0.29) is 5.41 Å². The highest BCUT2D eigenvalue weighted by Crippen LogP contribution is 2.36. The van der Waals surface area contributed by atoms with E-state index in [9.17, 15) is 0 Å². The van der Waals surface area contributed by atoms with Crippen LogP contribution in [0.15, 0.2) is 18.3 Å². The van der Waals surface area contributed by atoms with Crippen molar-refractivity contribution in [3.8, 4) is 0 Å². The van der Waals surface area contributed by atoms with Crippen LogP contribution in [0.1, 0.15) is 44.0 Å². The van der Waals surface area contributed by atoms with Crippen molar-refractivity contribution in [2.45, 2.75) is 44.9 Å². The smallest absolute Gasteiger partial charge is 0.161 e. The maximum Gasteiger partial charge on any atom is 0.161 e. The molecule has 0 unspecified atom stereocenters. The van der Waals surface area contributed by atoms with E-state index < -0.39 is 0 Å². The first-order chi connectivity index (χ1) is 9.25. The molecule has 0 aromatic carbocycles. The average molecular weight is 258 g/mol. The maximum absolute atomic E-state index is 4.54. The summed E-state index contributed by atoms with van der Waals surface area (Å²) in [6.07, 6.45) is 6.84. The normalized spacial score (nSPS) is 18.8. The zero-order valence-electron chi connectivity index (χ0n) is 11.8. The van der Waals surface area contributed by atoms with E-state index in [1.54, 1.807) is 0 Å². The lowest BCUT2D eigenvalue weighted by molar-refractivity contribution is 0.268. The van der Waals surface area contributed by atoms with Gasteiger partial charge in [-0.1, -0.05) is 13.3 Å². The third kappa shape index (κ3) is 2.14. The fraction of sp³-hybridized carbons (Fsp3) is 0.600. The molecule has 0 bridgehead atoms. The van der Waals surface area contributed by atoms with Gasteiger partial charge in [-0.25, -0.2) is 0 Å². The lowest BCUT2D eigenvalue weighted by Crippen LogP contribution is -2.41. The molecule has 1 aliphatic heterocycles. The minimum atomic E-state index is 0.203. The van der Waals surface area contributed by atoms with Gasteiger partial charge in [0.2, 0.25) is 0 Å². The highest BCUT2D eigenvalue weighted by atomic mass is 15.3. The largest absolute Gasteiger partial charge is 0.317 e. The van der Waals surface area contributed by atoms with Crippen LogP contribution in [0.4, 0.5) is 0 Å². The third-order valence-electron chi connectivity index (χ3n) is 4.33. The number of nitrogens with zero attached hydrogens (tertiary/aromatic N) is 3. The molecule has 4 nitrogen and oxygen atoms in total. The summed E-state index contributed by atoms with van der Waals surface area (Å²) in [6.45, 7) is 6.53. The molecule has 0 amide bonds. The Balaban J connectivity index is 2.09. The lowest BCUT2D eigenvalue weighted by atomic mass is 9.74. The number of aromatic nitrogens is 3. The van der Waals surface area contributed by atoms with Gasteiger partial charge in [-0.15, -0.1) is 10.2 Å². The van der Waals surface area contributed by atoms with Crippen LogP contribution in [0.25, 0.3) is 5.65 Å². The summed E-state index contributed by atoms with van der Waals surface area (Å²) in [4.78, 5) is 0. The van der Waals surface area contributed by atoms with E-state index in [1.807, 2.05) is 0 Å². The zero-order chi connectivity index (χ0) is 13.3. The van der Waals surface area contributed by atoms with Gasteiger partial charge < -0.3 is 5.32 Å². The number of rotatable bonds is 3. The Morgan fingerprint density at radius 3 is 2.84 bits per heavy atom. The topological polar surface area (TPSA) is 42.2 Å². The van der Waals surface area contributed by atoms with Crippen molar-refractivity contribution < 1.29 is 0 Å². The number of hydrogen-bond acceptors (Lipinski definition) is 3. The molecule has 102 valence electrons. The Morgan fingerprint density at radius 2 is 2.11 bits per heavy atom. The molecule has 1 aliphatic rings. The second-order valence-corrected chi connectivity index (χ2v) is 5.74. The van der Waals surface area contributed by atoms with Gasteiger partial charge in [-0.2, -0.15) is 0 Å². The van der Waals surface area contributed by atoms with Gasteiger partial charge >= 0.3 is 0 Å². The van der Waals surface area contributed by atoms with Gasteiger partial charge in [0.25, 0.3) is 0 Å². The molecule has 19 heavy (non-hydrogen) atoms. The predicted octanol–water partition coefficient (Wildman–Crippen LogP) is 2.46. The Hall–Kier alpha value is -1.42. The van der Waals surface area contributed by atoms with E-state index in [0.29, 0.717) is 0 Å². The zero-order valence-corrected chi connectivity index (χ0v) is 11.8. The number of nitrogens with one attached hydrogen (secondary N) is 1. The second kappa shape index (κ2) is 4.93. The fourth-order valence-corrected chi connectivity index (χ4v) is 3.32. The van der Waals surface area contributed by atoms with Crippen LogP contribution in [0.5, 0.6) is 0 Å². The second-order valence-electron chi connectivity index (χ2n) is 5.74. The highest BCUT2D eigenvalue weighted by Gasteiger charge is 2.37. The predicted molar refractivity (Wildman–Crippen MR) is 76.4 cm³/mol. The Bertz CT molecular complexity index is 561. The van der Waals surface area contributed by atoms with Crippen LogP contribution in [-0.2, 0) is 5.41 Å². The first kappa shape index (κ1) is 12.6. The summed E-state index contributed by atoms with van der Waals surface area (Å²) in [5, 5.41) is 12.4. The molecule has 3 heterocycles. The molecular formula is C15H22N4. The number of aryl methyl sites for hydroxylation is 1. The number of hydrogen-bond donors (Lipinski definition) is 1. The molecule has 1 saturated heterocycles. The van der Waals surface area contributed by atoms with Crippen LogP contribution >= 0.6 is 0 Å².